The van der Waals surface area contributed by atoms with Crippen molar-refractivity contribution in [3.8, 4) is 17.0 Å². The van der Waals surface area contributed by atoms with Crippen molar-refractivity contribution in [1.29, 1.82) is 0 Å². The number of pyridine rings is 1. The van der Waals surface area contributed by atoms with Crippen LogP contribution in [-0.4, -0.2) is 24.3 Å². The van der Waals surface area contributed by atoms with Gasteiger partial charge in [-0.05, 0) is 42.0 Å². The van der Waals surface area contributed by atoms with Gasteiger partial charge in [-0.25, -0.2) is 4.79 Å². The van der Waals surface area contributed by atoms with Gasteiger partial charge in [-0.1, -0.05) is 24.3 Å². The standard InChI is InChI=1S/C21H17NO4/c1-25-21(24)18-10-11-22-20(12-18)17-6-8-19(9-7-17)26-14-16-4-2-15(13-23)3-5-16/h2-13H,14H2,1H3. The van der Waals surface area contributed by atoms with Crippen molar-refractivity contribution < 1.29 is 19.1 Å². The Morgan fingerprint density at radius 1 is 1.04 bits per heavy atom. The summed E-state index contributed by atoms with van der Waals surface area (Å²) in [5, 5.41) is 0. The number of methoxy groups -OCH3 is 1. The molecule has 2 aromatic carbocycles. The Morgan fingerprint density at radius 3 is 2.42 bits per heavy atom. The van der Waals surface area contributed by atoms with Crippen molar-refractivity contribution in [3.63, 3.8) is 0 Å². The molecule has 0 fully saturated rings. The van der Waals surface area contributed by atoms with Crippen LogP contribution in [0.2, 0.25) is 0 Å². The van der Waals surface area contributed by atoms with Crippen LogP contribution in [0.25, 0.3) is 11.3 Å². The summed E-state index contributed by atoms with van der Waals surface area (Å²) in [6.07, 6.45) is 2.39. The maximum atomic E-state index is 11.6. The molecule has 130 valence electrons. The molecule has 0 bridgehead atoms. The first-order chi connectivity index (χ1) is 12.7. The Balaban J connectivity index is 1.68. The van der Waals surface area contributed by atoms with Crippen LogP contribution in [0.4, 0.5) is 0 Å². The lowest BCUT2D eigenvalue weighted by molar-refractivity contribution is 0.0600. The molecule has 0 saturated heterocycles. The van der Waals surface area contributed by atoms with E-state index in [1.165, 1.54) is 7.11 Å². The number of carbonyl (C=O) groups is 2. The van der Waals surface area contributed by atoms with E-state index < -0.39 is 5.97 Å². The van der Waals surface area contributed by atoms with Gasteiger partial charge in [-0.3, -0.25) is 9.78 Å². The molecule has 0 saturated carbocycles. The highest BCUT2D eigenvalue weighted by Crippen LogP contribution is 2.22. The summed E-state index contributed by atoms with van der Waals surface area (Å²) < 4.78 is 10.5. The summed E-state index contributed by atoms with van der Waals surface area (Å²) in [6.45, 7) is 0.411. The first-order valence-corrected chi connectivity index (χ1v) is 8.01. The molecule has 5 nitrogen and oxygen atoms in total. The highest BCUT2D eigenvalue weighted by molar-refractivity contribution is 5.90. The number of rotatable bonds is 6. The van der Waals surface area contributed by atoms with Gasteiger partial charge in [0, 0.05) is 17.3 Å². The van der Waals surface area contributed by atoms with E-state index in [-0.39, 0.29) is 0 Å². The molecule has 26 heavy (non-hydrogen) atoms. The molecule has 1 aromatic heterocycles. The van der Waals surface area contributed by atoms with Gasteiger partial charge in [0.1, 0.15) is 18.6 Å². The zero-order chi connectivity index (χ0) is 18.4. The average molecular weight is 347 g/mol. The SMILES string of the molecule is COC(=O)c1ccnc(-c2ccc(OCc3ccc(C=O)cc3)cc2)c1. The molecule has 0 N–H and O–H groups in total. The molecule has 3 aromatic rings. The number of hydrogen-bond acceptors (Lipinski definition) is 5. The summed E-state index contributed by atoms with van der Waals surface area (Å²) >= 11 is 0. The van der Waals surface area contributed by atoms with E-state index in [0.29, 0.717) is 23.4 Å². The van der Waals surface area contributed by atoms with Crippen molar-refractivity contribution in [2.24, 2.45) is 0 Å². The molecule has 0 aliphatic rings. The molecule has 0 aliphatic heterocycles. The van der Waals surface area contributed by atoms with Gasteiger partial charge in [0.2, 0.25) is 0 Å². The van der Waals surface area contributed by atoms with Crippen LogP contribution >= 0.6 is 0 Å². The molecular formula is C21H17NO4. The normalized spacial score (nSPS) is 10.2. The summed E-state index contributed by atoms with van der Waals surface area (Å²) in [6, 6.07) is 18.0. The minimum absolute atomic E-state index is 0.394. The lowest BCUT2D eigenvalue weighted by Gasteiger charge is -2.08. The first-order valence-electron chi connectivity index (χ1n) is 8.01. The fourth-order valence-corrected chi connectivity index (χ4v) is 2.41. The van der Waals surface area contributed by atoms with Crippen molar-refractivity contribution in [3.05, 3.63) is 83.6 Å². The van der Waals surface area contributed by atoms with Gasteiger partial charge in [0.25, 0.3) is 0 Å². The molecule has 0 aliphatic carbocycles. The van der Waals surface area contributed by atoms with Crippen LogP contribution in [0.1, 0.15) is 26.3 Å². The van der Waals surface area contributed by atoms with E-state index in [2.05, 4.69) is 4.98 Å². The number of nitrogens with zero attached hydrogens (tertiary/aromatic N) is 1. The van der Waals surface area contributed by atoms with E-state index >= 15 is 0 Å². The highest BCUT2D eigenvalue weighted by atomic mass is 16.5. The fourth-order valence-electron chi connectivity index (χ4n) is 2.41. The van der Waals surface area contributed by atoms with Gasteiger partial charge in [-0.2, -0.15) is 0 Å². The lowest BCUT2D eigenvalue weighted by atomic mass is 10.1. The summed E-state index contributed by atoms with van der Waals surface area (Å²) in [7, 11) is 1.35. The lowest BCUT2D eigenvalue weighted by Crippen LogP contribution is -2.01. The monoisotopic (exact) mass is 347 g/mol. The number of carbonyl (C=O) groups excluding carboxylic acids is 2. The predicted octanol–water partition coefficient (Wildman–Crippen LogP) is 3.93. The Labute approximate surface area is 151 Å². The largest absolute Gasteiger partial charge is 0.489 e. The molecule has 0 atom stereocenters. The summed E-state index contributed by atoms with van der Waals surface area (Å²) in [5.41, 5.74) is 3.63. The molecule has 0 spiro atoms. The van der Waals surface area contributed by atoms with E-state index in [0.717, 1.165) is 23.2 Å². The zero-order valence-corrected chi connectivity index (χ0v) is 14.2. The van der Waals surface area contributed by atoms with Crippen LogP contribution in [0.3, 0.4) is 0 Å². The molecule has 3 rings (SSSR count). The predicted molar refractivity (Wildman–Crippen MR) is 97.2 cm³/mol. The van der Waals surface area contributed by atoms with Crippen molar-refractivity contribution in [2.75, 3.05) is 7.11 Å². The van der Waals surface area contributed by atoms with Crippen molar-refractivity contribution in [2.45, 2.75) is 6.61 Å². The van der Waals surface area contributed by atoms with Gasteiger partial charge < -0.3 is 9.47 Å². The molecule has 0 amide bonds. The second-order valence-electron chi connectivity index (χ2n) is 5.59. The topological polar surface area (TPSA) is 65.5 Å². The van der Waals surface area contributed by atoms with Crippen molar-refractivity contribution in [1.82, 2.24) is 4.98 Å². The number of benzene rings is 2. The smallest absolute Gasteiger partial charge is 0.337 e. The zero-order valence-electron chi connectivity index (χ0n) is 14.2. The number of aldehydes is 1. The third-order valence-electron chi connectivity index (χ3n) is 3.85. The molecule has 0 radical (unpaired) electrons. The maximum Gasteiger partial charge on any atom is 0.337 e. The minimum atomic E-state index is -0.394. The van der Waals surface area contributed by atoms with Crippen LogP contribution in [0, 0.1) is 0 Å². The quantitative estimate of drug-likeness (QED) is 0.499. The number of esters is 1. The van der Waals surface area contributed by atoms with Gasteiger partial charge in [0.05, 0.1) is 18.4 Å². The van der Waals surface area contributed by atoms with Crippen molar-refractivity contribution >= 4 is 12.3 Å². The molecule has 1 heterocycles. The van der Waals surface area contributed by atoms with Gasteiger partial charge in [0.15, 0.2) is 0 Å². The van der Waals surface area contributed by atoms with Gasteiger partial charge >= 0.3 is 5.97 Å². The Bertz CT molecular complexity index is 902. The summed E-state index contributed by atoms with van der Waals surface area (Å²) in [4.78, 5) is 26.6. The number of hydrogen-bond donors (Lipinski definition) is 0. The van der Waals surface area contributed by atoms with Crippen LogP contribution in [0.15, 0.2) is 66.9 Å². The molecule has 5 heteroatoms. The molecular weight excluding hydrogens is 330 g/mol. The van der Waals surface area contributed by atoms with E-state index in [1.807, 2.05) is 36.4 Å². The third kappa shape index (κ3) is 4.13. The Hall–Kier alpha value is -3.47. The highest BCUT2D eigenvalue weighted by Gasteiger charge is 2.08. The van der Waals surface area contributed by atoms with Crippen LogP contribution < -0.4 is 4.74 Å². The second-order valence-corrected chi connectivity index (χ2v) is 5.59. The Morgan fingerprint density at radius 2 is 1.77 bits per heavy atom. The van der Waals surface area contributed by atoms with Crippen LogP contribution in [-0.2, 0) is 11.3 Å². The third-order valence-corrected chi connectivity index (χ3v) is 3.85. The molecule has 0 unspecified atom stereocenters. The van der Waals surface area contributed by atoms with Crippen LogP contribution in [0.5, 0.6) is 5.75 Å². The maximum absolute atomic E-state index is 11.6. The Kier molecular flexibility index (Phi) is 5.39. The van der Waals surface area contributed by atoms with E-state index in [9.17, 15) is 9.59 Å². The minimum Gasteiger partial charge on any atom is -0.489 e. The first kappa shape index (κ1) is 17.4. The summed E-state index contributed by atoms with van der Waals surface area (Å²) in [5.74, 6) is 0.325. The van der Waals surface area contributed by atoms with E-state index in [4.69, 9.17) is 9.47 Å². The second kappa shape index (κ2) is 8.07. The number of aromatic nitrogens is 1. The fraction of sp³-hybridized carbons (Fsp3) is 0.0952. The van der Waals surface area contributed by atoms with Gasteiger partial charge in [-0.15, -0.1) is 0 Å². The average Bonchev–Trinajstić information content (AvgIpc) is 2.72. The number of ether oxygens (including phenoxy) is 2. The van der Waals surface area contributed by atoms with E-state index in [1.54, 1.807) is 30.5 Å².